The Morgan fingerprint density at radius 2 is 1.81 bits per heavy atom. The lowest BCUT2D eigenvalue weighted by atomic mass is 10.2. The maximum Gasteiger partial charge on any atom is 0.338 e. The highest BCUT2D eigenvalue weighted by Gasteiger charge is 2.20. The molecule has 1 amide bonds. The predicted octanol–water partition coefficient (Wildman–Crippen LogP) is 2.52. The quantitative estimate of drug-likeness (QED) is 0.728. The molecule has 144 valence electrons. The fraction of sp³-hybridized carbons (Fsp3) is 0.176. The molecule has 0 bridgehead atoms. The molecular formula is C17H16F2N2O5S. The number of rotatable bonds is 6. The number of halogens is 2. The van der Waals surface area contributed by atoms with Crippen LogP contribution in [0.3, 0.4) is 0 Å². The molecule has 0 radical (unpaired) electrons. The molecule has 10 heteroatoms. The Bertz CT molecular complexity index is 979. The number of ether oxygens (including phenoxy) is 1. The second-order valence-electron chi connectivity index (χ2n) is 5.62. The number of carbonyl (C=O) groups excluding carboxylic acids is 2. The predicted molar refractivity (Wildman–Crippen MR) is 94.8 cm³/mol. The Morgan fingerprint density at radius 1 is 1.11 bits per heavy atom. The number of esters is 1. The van der Waals surface area contributed by atoms with Gasteiger partial charge in [0.25, 0.3) is 5.91 Å². The number of anilines is 2. The van der Waals surface area contributed by atoms with E-state index < -0.39 is 39.6 Å². The van der Waals surface area contributed by atoms with E-state index >= 15 is 0 Å². The second-order valence-corrected chi connectivity index (χ2v) is 7.36. The van der Waals surface area contributed by atoms with Gasteiger partial charge in [-0.15, -0.1) is 0 Å². The minimum Gasteiger partial charge on any atom is -0.449 e. The van der Waals surface area contributed by atoms with E-state index in [4.69, 9.17) is 4.74 Å². The van der Waals surface area contributed by atoms with Crippen molar-refractivity contribution in [2.45, 2.75) is 13.0 Å². The van der Waals surface area contributed by atoms with Gasteiger partial charge in [0.2, 0.25) is 10.0 Å². The number of hydrogen-bond acceptors (Lipinski definition) is 5. The van der Waals surface area contributed by atoms with Crippen LogP contribution in [0.25, 0.3) is 0 Å². The summed E-state index contributed by atoms with van der Waals surface area (Å²) in [5, 5.41) is 2.13. The SMILES string of the molecule is CC(OC(=O)c1cccc(NS(C)(=O)=O)c1)C(=O)Nc1cc(F)ccc1F. The van der Waals surface area contributed by atoms with Gasteiger partial charge in [0.05, 0.1) is 17.5 Å². The molecule has 1 unspecified atom stereocenters. The zero-order valence-corrected chi connectivity index (χ0v) is 15.1. The minimum atomic E-state index is -3.53. The van der Waals surface area contributed by atoms with Crippen LogP contribution in [0.2, 0.25) is 0 Å². The van der Waals surface area contributed by atoms with E-state index in [-0.39, 0.29) is 16.9 Å². The summed E-state index contributed by atoms with van der Waals surface area (Å²) in [5.41, 5.74) is -0.242. The van der Waals surface area contributed by atoms with Crippen molar-refractivity contribution in [2.75, 3.05) is 16.3 Å². The first-order valence-electron chi connectivity index (χ1n) is 7.60. The number of amides is 1. The standard InChI is InChI=1S/C17H16F2N2O5S/c1-10(16(22)20-15-9-12(18)6-7-14(15)19)26-17(23)11-4-3-5-13(8-11)21-27(2,24)25/h3-10,21H,1-2H3,(H,20,22). The van der Waals surface area contributed by atoms with Gasteiger partial charge in [-0.3, -0.25) is 9.52 Å². The van der Waals surface area contributed by atoms with Crippen molar-refractivity contribution in [1.82, 2.24) is 0 Å². The summed E-state index contributed by atoms with van der Waals surface area (Å²) < 4.78 is 56.3. The first kappa shape index (κ1) is 20.3. The molecule has 2 rings (SSSR count). The summed E-state index contributed by atoms with van der Waals surface area (Å²) in [6.07, 6.45) is -0.359. The highest BCUT2D eigenvalue weighted by molar-refractivity contribution is 7.92. The van der Waals surface area contributed by atoms with Crippen molar-refractivity contribution < 1.29 is 31.5 Å². The fourth-order valence-corrected chi connectivity index (χ4v) is 2.59. The first-order chi connectivity index (χ1) is 12.5. The number of carbonyl (C=O) groups is 2. The van der Waals surface area contributed by atoms with Crippen LogP contribution in [0.5, 0.6) is 0 Å². The third-order valence-corrected chi connectivity index (χ3v) is 3.85. The number of benzene rings is 2. The van der Waals surface area contributed by atoms with Crippen molar-refractivity contribution in [3.63, 3.8) is 0 Å². The van der Waals surface area contributed by atoms with E-state index in [1.807, 2.05) is 0 Å². The van der Waals surface area contributed by atoms with Gasteiger partial charge >= 0.3 is 5.97 Å². The first-order valence-corrected chi connectivity index (χ1v) is 9.49. The summed E-state index contributed by atoms with van der Waals surface area (Å²) in [6, 6.07) is 8.00. The lowest BCUT2D eigenvalue weighted by Gasteiger charge is -2.14. The summed E-state index contributed by atoms with van der Waals surface area (Å²) >= 11 is 0. The van der Waals surface area contributed by atoms with Crippen molar-refractivity contribution >= 4 is 33.3 Å². The normalized spacial score (nSPS) is 12.1. The maximum atomic E-state index is 13.6. The van der Waals surface area contributed by atoms with Crippen LogP contribution in [0.1, 0.15) is 17.3 Å². The molecule has 1 atom stereocenters. The molecule has 7 nitrogen and oxygen atoms in total. The molecule has 0 saturated carbocycles. The van der Waals surface area contributed by atoms with Gasteiger partial charge in [-0.25, -0.2) is 22.0 Å². The Morgan fingerprint density at radius 3 is 2.48 bits per heavy atom. The van der Waals surface area contributed by atoms with Gasteiger partial charge < -0.3 is 10.1 Å². The van der Waals surface area contributed by atoms with Gasteiger partial charge in [-0.2, -0.15) is 0 Å². The molecule has 0 fully saturated rings. The highest BCUT2D eigenvalue weighted by atomic mass is 32.2. The van der Waals surface area contributed by atoms with E-state index in [1.165, 1.54) is 31.2 Å². The second kappa shape index (κ2) is 8.12. The zero-order valence-electron chi connectivity index (χ0n) is 14.3. The summed E-state index contributed by atoms with van der Waals surface area (Å²) in [7, 11) is -3.53. The monoisotopic (exact) mass is 398 g/mol. The van der Waals surface area contributed by atoms with Crippen LogP contribution in [0.15, 0.2) is 42.5 Å². The molecule has 2 aromatic rings. The zero-order chi connectivity index (χ0) is 20.2. The van der Waals surface area contributed by atoms with Gasteiger partial charge in [0, 0.05) is 11.8 Å². The topological polar surface area (TPSA) is 102 Å². The summed E-state index contributed by atoms with van der Waals surface area (Å²) in [4.78, 5) is 24.2. The molecule has 0 aromatic heterocycles. The van der Waals surface area contributed by atoms with Crippen LogP contribution >= 0.6 is 0 Å². The number of nitrogens with one attached hydrogen (secondary N) is 2. The van der Waals surface area contributed by atoms with Gasteiger partial charge in [-0.1, -0.05) is 6.07 Å². The van der Waals surface area contributed by atoms with Crippen LogP contribution in [0.4, 0.5) is 20.2 Å². The van der Waals surface area contributed by atoms with Crippen LogP contribution in [-0.4, -0.2) is 32.7 Å². The molecule has 0 aliphatic heterocycles. The molecular weight excluding hydrogens is 382 g/mol. The Labute approximate surface area is 154 Å². The Kier molecular flexibility index (Phi) is 6.11. The molecule has 0 heterocycles. The van der Waals surface area contributed by atoms with Crippen LogP contribution in [-0.2, 0) is 19.6 Å². The molecule has 2 aromatic carbocycles. The fourth-order valence-electron chi connectivity index (χ4n) is 2.03. The highest BCUT2D eigenvalue weighted by Crippen LogP contribution is 2.17. The molecule has 0 aliphatic rings. The number of hydrogen-bond donors (Lipinski definition) is 2. The van der Waals surface area contributed by atoms with Crippen molar-refractivity contribution in [3.05, 3.63) is 59.7 Å². The Balaban J connectivity index is 2.05. The van der Waals surface area contributed by atoms with Crippen LogP contribution in [0, 0.1) is 11.6 Å². The summed E-state index contributed by atoms with van der Waals surface area (Å²) in [6.45, 7) is 1.25. The van der Waals surface area contributed by atoms with E-state index in [0.29, 0.717) is 0 Å². The van der Waals surface area contributed by atoms with Gasteiger partial charge in [0.1, 0.15) is 11.6 Å². The maximum absolute atomic E-state index is 13.6. The molecule has 27 heavy (non-hydrogen) atoms. The van der Waals surface area contributed by atoms with Crippen molar-refractivity contribution in [1.29, 1.82) is 0 Å². The van der Waals surface area contributed by atoms with Crippen molar-refractivity contribution in [3.8, 4) is 0 Å². The largest absolute Gasteiger partial charge is 0.449 e. The molecule has 0 spiro atoms. The third-order valence-electron chi connectivity index (χ3n) is 3.24. The van der Waals surface area contributed by atoms with Gasteiger partial charge in [0.15, 0.2) is 6.10 Å². The average molecular weight is 398 g/mol. The lowest BCUT2D eigenvalue weighted by Crippen LogP contribution is -2.30. The smallest absolute Gasteiger partial charge is 0.338 e. The molecule has 0 saturated heterocycles. The number of sulfonamides is 1. The van der Waals surface area contributed by atoms with Crippen LogP contribution < -0.4 is 10.0 Å². The van der Waals surface area contributed by atoms with Crippen molar-refractivity contribution in [2.24, 2.45) is 0 Å². The lowest BCUT2D eigenvalue weighted by molar-refractivity contribution is -0.123. The third kappa shape index (κ3) is 6.03. The molecule has 2 N–H and O–H groups in total. The van der Waals surface area contributed by atoms with Gasteiger partial charge in [-0.05, 0) is 37.3 Å². The average Bonchev–Trinajstić information content (AvgIpc) is 2.56. The van der Waals surface area contributed by atoms with E-state index in [1.54, 1.807) is 0 Å². The van der Waals surface area contributed by atoms with E-state index in [0.717, 1.165) is 24.5 Å². The minimum absolute atomic E-state index is 0.000219. The Hall–Kier alpha value is -3.01. The molecule has 0 aliphatic carbocycles. The van der Waals surface area contributed by atoms with E-state index in [2.05, 4.69) is 10.0 Å². The summed E-state index contributed by atoms with van der Waals surface area (Å²) in [5.74, 6) is -3.35. The van der Waals surface area contributed by atoms with E-state index in [9.17, 15) is 26.8 Å².